The fraction of sp³-hybridized carbons (Fsp3) is 0.412. The molecule has 2 aromatic rings. The van der Waals surface area contributed by atoms with Crippen LogP contribution in [0.5, 0.6) is 0 Å². The van der Waals surface area contributed by atoms with Crippen molar-refractivity contribution in [1.82, 2.24) is 14.1 Å². The first-order chi connectivity index (χ1) is 12.7. The molecule has 0 unspecified atom stereocenters. The molecule has 0 spiro atoms. The van der Waals surface area contributed by atoms with Crippen LogP contribution in [0.1, 0.15) is 13.8 Å². The van der Waals surface area contributed by atoms with Crippen molar-refractivity contribution < 1.29 is 8.42 Å². The summed E-state index contributed by atoms with van der Waals surface area (Å²) < 4.78 is 27.1. The number of benzene rings is 1. The van der Waals surface area contributed by atoms with Crippen molar-refractivity contribution in [1.29, 1.82) is 0 Å². The molecule has 146 valence electrons. The molecule has 1 aliphatic rings. The van der Waals surface area contributed by atoms with Crippen LogP contribution in [-0.4, -0.2) is 53.9 Å². The molecule has 1 aromatic heterocycles. The molecular formula is C17H21ClN4O4S. The number of nitrogens with one attached hydrogen (secondary N) is 1. The number of rotatable bonds is 4. The van der Waals surface area contributed by atoms with Gasteiger partial charge in [-0.2, -0.15) is 4.31 Å². The molecule has 27 heavy (non-hydrogen) atoms. The minimum absolute atomic E-state index is 0.236. The molecule has 10 heteroatoms. The predicted molar refractivity (Wildman–Crippen MR) is 106 cm³/mol. The molecule has 0 radical (unpaired) electrons. The van der Waals surface area contributed by atoms with Crippen LogP contribution in [0.15, 0.2) is 40.1 Å². The second kappa shape index (κ2) is 7.49. The van der Waals surface area contributed by atoms with Crippen LogP contribution < -0.4 is 15.9 Å². The van der Waals surface area contributed by atoms with E-state index in [4.69, 9.17) is 11.6 Å². The highest BCUT2D eigenvalue weighted by molar-refractivity contribution is 7.89. The van der Waals surface area contributed by atoms with Crippen molar-refractivity contribution in [2.75, 3.05) is 31.1 Å². The zero-order valence-corrected chi connectivity index (χ0v) is 16.6. The predicted octanol–water partition coefficient (Wildman–Crippen LogP) is 1.04. The van der Waals surface area contributed by atoms with E-state index < -0.39 is 26.3 Å². The fourth-order valence-electron chi connectivity index (χ4n) is 2.98. The molecule has 0 atom stereocenters. The molecule has 1 saturated heterocycles. The number of halogens is 1. The summed E-state index contributed by atoms with van der Waals surface area (Å²) in [7, 11) is -3.33. The van der Waals surface area contributed by atoms with Crippen molar-refractivity contribution >= 4 is 27.3 Å². The molecule has 1 aromatic carbocycles. The maximum Gasteiger partial charge on any atom is 0.319 e. The van der Waals surface area contributed by atoms with Gasteiger partial charge in [-0.1, -0.05) is 17.7 Å². The van der Waals surface area contributed by atoms with Gasteiger partial charge in [0.15, 0.2) is 0 Å². The second-order valence-electron chi connectivity index (χ2n) is 6.59. The van der Waals surface area contributed by atoms with Gasteiger partial charge in [0.05, 0.1) is 10.9 Å². The first kappa shape index (κ1) is 19.7. The largest absolute Gasteiger partial charge is 0.364 e. The summed E-state index contributed by atoms with van der Waals surface area (Å²) in [6.07, 6.45) is 1.47. The second-order valence-corrected chi connectivity index (χ2v) is 9.51. The van der Waals surface area contributed by atoms with Crippen LogP contribution >= 0.6 is 11.6 Å². The first-order valence-corrected chi connectivity index (χ1v) is 10.4. The average Bonchev–Trinajstić information content (AvgIpc) is 2.64. The van der Waals surface area contributed by atoms with Crippen LogP contribution in [0.25, 0.3) is 5.69 Å². The Bertz CT molecular complexity index is 1050. The standard InChI is InChI=1S/C17H21ClN4O4S/c1-12(2)27(25,26)21-8-6-20(7-9-21)15-11-19-22(17(24)16(15)23)14-5-3-4-13(18)10-14/h3-5,10-12,19H,6-9H2,1-2H3. The van der Waals surface area contributed by atoms with E-state index in [1.54, 1.807) is 43.0 Å². The molecule has 0 aliphatic carbocycles. The lowest BCUT2D eigenvalue weighted by Crippen LogP contribution is -2.52. The lowest BCUT2D eigenvalue weighted by Gasteiger charge is -2.35. The van der Waals surface area contributed by atoms with Crippen LogP contribution in [0, 0.1) is 0 Å². The third-order valence-corrected chi connectivity index (χ3v) is 7.07. The quantitative estimate of drug-likeness (QED) is 0.757. The summed E-state index contributed by atoms with van der Waals surface area (Å²) >= 11 is 5.94. The number of hydrogen-bond donors (Lipinski definition) is 1. The Balaban J connectivity index is 1.85. The maximum atomic E-state index is 12.6. The Morgan fingerprint density at radius 3 is 2.37 bits per heavy atom. The van der Waals surface area contributed by atoms with E-state index in [2.05, 4.69) is 5.10 Å². The van der Waals surface area contributed by atoms with Gasteiger partial charge in [0.2, 0.25) is 10.0 Å². The Kier molecular flexibility index (Phi) is 5.45. The Hall–Kier alpha value is -2.10. The summed E-state index contributed by atoms with van der Waals surface area (Å²) in [5.41, 5.74) is -0.662. The highest BCUT2D eigenvalue weighted by Crippen LogP contribution is 2.16. The fourth-order valence-corrected chi connectivity index (χ4v) is 4.44. The topological polar surface area (TPSA) is 95.5 Å². The number of H-pyrrole nitrogens is 1. The number of anilines is 1. The molecule has 0 bridgehead atoms. The average molecular weight is 413 g/mol. The van der Waals surface area contributed by atoms with Crippen molar-refractivity contribution in [2.45, 2.75) is 19.1 Å². The molecule has 0 saturated carbocycles. The Morgan fingerprint density at radius 1 is 1.11 bits per heavy atom. The molecule has 1 fully saturated rings. The zero-order chi connectivity index (χ0) is 19.8. The summed E-state index contributed by atoms with van der Waals surface area (Å²) in [5.74, 6) is 0. The smallest absolute Gasteiger partial charge is 0.319 e. The zero-order valence-electron chi connectivity index (χ0n) is 15.1. The van der Waals surface area contributed by atoms with Crippen molar-refractivity contribution in [3.05, 3.63) is 56.1 Å². The van der Waals surface area contributed by atoms with Crippen LogP contribution in [-0.2, 0) is 10.0 Å². The van der Waals surface area contributed by atoms with E-state index in [-0.39, 0.29) is 18.8 Å². The van der Waals surface area contributed by atoms with E-state index in [1.165, 1.54) is 10.5 Å². The van der Waals surface area contributed by atoms with Gasteiger partial charge in [-0.15, -0.1) is 0 Å². The highest BCUT2D eigenvalue weighted by Gasteiger charge is 2.30. The molecule has 0 amide bonds. The van der Waals surface area contributed by atoms with Crippen molar-refractivity contribution in [2.24, 2.45) is 0 Å². The number of piperazine rings is 1. The maximum absolute atomic E-state index is 12.6. The van der Waals surface area contributed by atoms with Gasteiger partial charge in [-0.3, -0.25) is 14.7 Å². The van der Waals surface area contributed by atoms with Gasteiger partial charge in [0, 0.05) is 37.4 Å². The first-order valence-electron chi connectivity index (χ1n) is 8.56. The monoisotopic (exact) mass is 412 g/mol. The molecule has 1 N–H and O–H groups in total. The molecule has 8 nitrogen and oxygen atoms in total. The molecule has 1 aliphatic heterocycles. The third kappa shape index (κ3) is 3.80. The SMILES string of the molecule is CC(C)S(=O)(=O)N1CCN(c2c[nH]n(-c3cccc(Cl)c3)c(=O)c2=O)CC1. The van der Waals surface area contributed by atoms with Gasteiger partial charge in [-0.25, -0.2) is 13.1 Å². The number of nitrogens with zero attached hydrogens (tertiary/aromatic N) is 3. The molecular weight excluding hydrogens is 392 g/mol. The van der Waals surface area contributed by atoms with E-state index in [0.717, 1.165) is 4.68 Å². The Labute approximate surface area is 162 Å². The van der Waals surface area contributed by atoms with Gasteiger partial charge < -0.3 is 4.90 Å². The van der Waals surface area contributed by atoms with E-state index in [9.17, 15) is 18.0 Å². The normalized spacial score (nSPS) is 16.1. The van der Waals surface area contributed by atoms with E-state index >= 15 is 0 Å². The number of hydrogen-bond acceptors (Lipinski definition) is 5. The minimum Gasteiger partial charge on any atom is -0.364 e. The van der Waals surface area contributed by atoms with Crippen LogP contribution in [0.4, 0.5) is 5.69 Å². The molecule has 2 heterocycles. The number of sulfonamides is 1. The van der Waals surface area contributed by atoms with Crippen molar-refractivity contribution in [3.63, 3.8) is 0 Å². The summed E-state index contributed by atoms with van der Waals surface area (Å²) in [5, 5.41) is 2.78. The number of aromatic nitrogens is 2. The summed E-state index contributed by atoms with van der Waals surface area (Å²) in [6, 6.07) is 6.60. The van der Waals surface area contributed by atoms with Crippen LogP contribution in [0.3, 0.4) is 0 Å². The molecule has 3 rings (SSSR count). The van der Waals surface area contributed by atoms with Gasteiger partial charge in [-0.05, 0) is 32.0 Å². The van der Waals surface area contributed by atoms with Gasteiger partial charge in [0.1, 0.15) is 5.69 Å². The van der Waals surface area contributed by atoms with E-state index in [0.29, 0.717) is 23.8 Å². The summed E-state index contributed by atoms with van der Waals surface area (Å²) in [6.45, 7) is 4.52. The lowest BCUT2D eigenvalue weighted by molar-refractivity contribution is 0.380. The van der Waals surface area contributed by atoms with Gasteiger partial charge >= 0.3 is 5.56 Å². The lowest BCUT2D eigenvalue weighted by atomic mass is 10.3. The third-order valence-electron chi connectivity index (χ3n) is 4.56. The minimum atomic E-state index is -3.33. The Morgan fingerprint density at radius 2 is 1.78 bits per heavy atom. The van der Waals surface area contributed by atoms with E-state index in [1.807, 2.05) is 0 Å². The highest BCUT2D eigenvalue weighted by atomic mass is 35.5. The number of aromatic amines is 1. The van der Waals surface area contributed by atoms with Crippen LogP contribution in [0.2, 0.25) is 5.02 Å². The van der Waals surface area contributed by atoms with Crippen molar-refractivity contribution in [3.8, 4) is 5.69 Å². The summed E-state index contributed by atoms with van der Waals surface area (Å²) in [4.78, 5) is 26.8. The van der Waals surface area contributed by atoms with Gasteiger partial charge in [0.25, 0.3) is 5.43 Å².